The monoisotopic (exact) mass is 416 g/mol. The molecule has 0 unspecified atom stereocenters. The van der Waals surface area contributed by atoms with Crippen LogP contribution in [0, 0.1) is 6.92 Å². The fourth-order valence-corrected chi connectivity index (χ4v) is 1.54. The van der Waals surface area contributed by atoms with Crippen LogP contribution in [0.4, 0.5) is 0 Å². The van der Waals surface area contributed by atoms with Crippen molar-refractivity contribution in [1.29, 1.82) is 0 Å². The van der Waals surface area contributed by atoms with Crippen molar-refractivity contribution in [1.82, 2.24) is 9.97 Å². The smallest absolute Gasteiger partial charge is 0.677 e. The minimum atomic E-state index is 0. The third-order valence-corrected chi connectivity index (χ3v) is 2.90. The van der Waals surface area contributed by atoms with Gasteiger partial charge in [0.15, 0.2) is 0 Å². The Kier molecular flexibility index (Phi) is 19.0. The molecule has 2 aromatic rings. The van der Waals surface area contributed by atoms with Gasteiger partial charge in [-0.25, -0.2) is 0 Å². The average Bonchev–Trinajstić information content (AvgIpc) is 2.58. The van der Waals surface area contributed by atoms with E-state index in [4.69, 9.17) is 11.5 Å². The molecule has 4 nitrogen and oxygen atoms in total. The van der Waals surface area contributed by atoms with Crippen LogP contribution in [0.5, 0.6) is 0 Å². The van der Waals surface area contributed by atoms with Crippen LogP contribution in [0.15, 0.2) is 42.7 Å². The van der Waals surface area contributed by atoms with Crippen molar-refractivity contribution < 1.29 is 19.5 Å². The molecule has 0 aliphatic rings. The van der Waals surface area contributed by atoms with Gasteiger partial charge in [-0.3, -0.25) is 9.97 Å². The predicted molar refractivity (Wildman–Crippen MR) is 100 cm³/mol. The van der Waals surface area contributed by atoms with Gasteiger partial charge in [-0.2, -0.15) is 13.1 Å². The zero-order chi connectivity index (χ0) is 17.3. The van der Waals surface area contributed by atoms with Crippen LogP contribution in [-0.4, -0.2) is 23.1 Å². The number of aryl methyl sites for hydroxylation is 1. The third-order valence-electron chi connectivity index (χ3n) is 2.90. The van der Waals surface area contributed by atoms with Crippen molar-refractivity contribution in [2.24, 2.45) is 0 Å². The van der Waals surface area contributed by atoms with Crippen LogP contribution in [0.2, 0.25) is 0 Å². The van der Waals surface area contributed by atoms with Crippen LogP contribution in [0.1, 0.15) is 45.1 Å². The first-order valence-electron chi connectivity index (χ1n) is 8.32. The van der Waals surface area contributed by atoms with Gasteiger partial charge in [-0.1, -0.05) is 45.6 Å². The summed E-state index contributed by atoms with van der Waals surface area (Å²) in [6.07, 6.45) is 8.01. The molecule has 0 fully saturated rings. The maximum absolute atomic E-state index is 6.60. The van der Waals surface area contributed by atoms with Crippen LogP contribution in [0.3, 0.4) is 0 Å². The fourth-order valence-electron chi connectivity index (χ4n) is 1.54. The summed E-state index contributed by atoms with van der Waals surface area (Å²) in [6.45, 7) is 7.42. The summed E-state index contributed by atoms with van der Waals surface area (Å²) in [5, 5.41) is 0. The van der Waals surface area contributed by atoms with E-state index in [0.717, 1.165) is 37.1 Å². The van der Waals surface area contributed by atoms with E-state index in [2.05, 4.69) is 23.8 Å². The number of hydrogen-bond acceptors (Lipinski definition) is 2. The minimum Gasteiger partial charge on any atom is -0.677 e. The zero-order valence-electron chi connectivity index (χ0n) is 15.0. The van der Waals surface area contributed by atoms with E-state index in [9.17, 15) is 0 Å². The van der Waals surface area contributed by atoms with E-state index in [0.29, 0.717) is 13.1 Å². The molecule has 0 radical (unpaired) electrons. The molecule has 2 aromatic heterocycles. The Morgan fingerprint density at radius 3 is 1.79 bits per heavy atom. The molecule has 0 bridgehead atoms. The van der Waals surface area contributed by atoms with Crippen LogP contribution >= 0.6 is 0 Å². The van der Waals surface area contributed by atoms with Crippen molar-refractivity contribution in [2.45, 2.75) is 46.5 Å². The second-order valence-electron chi connectivity index (χ2n) is 5.14. The SMILES string of the molecule is CCCC[NH-].CCCC[NH-].Cc1ccnc(-c2ccccn2)c1.[Ru+2]. The summed E-state index contributed by atoms with van der Waals surface area (Å²) in [6, 6.07) is 9.84. The summed E-state index contributed by atoms with van der Waals surface area (Å²) in [5.41, 5.74) is 16.3. The molecule has 0 saturated heterocycles. The molecule has 24 heavy (non-hydrogen) atoms. The largest absolute Gasteiger partial charge is 2.00 e. The van der Waals surface area contributed by atoms with Gasteiger partial charge in [-0.15, -0.1) is 0 Å². The predicted octanol–water partition coefficient (Wildman–Crippen LogP) is 6.13. The Bertz CT molecular complexity index is 482. The third kappa shape index (κ3) is 13.3. The minimum absolute atomic E-state index is 0. The number of nitrogens with zero attached hydrogens (tertiary/aromatic N) is 2. The van der Waals surface area contributed by atoms with Crippen molar-refractivity contribution in [2.75, 3.05) is 13.1 Å². The van der Waals surface area contributed by atoms with Crippen LogP contribution in [0.25, 0.3) is 22.9 Å². The molecule has 0 aliphatic heterocycles. The average molecular weight is 416 g/mol. The Hall–Kier alpha value is -1.16. The summed E-state index contributed by atoms with van der Waals surface area (Å²) < 4.78 is 0. The maximum atomic E-state index is 6.60. The number of aromatic nitrogens is 2. The quantitative estimate of drug-likeness (QED) is 0.551. The molecule has 0 aliphatic carbocycles. The van der Waals surface area contributed by atoms with E-state index in [1.807, 2.05) is 37.3 Å². The van der Waals surface area contributed by atoms with Gasteiger partial charge >= 0.3 is 19.5 Å². The van der Waals surface area contributed by atoms with Gasteiger partial charge in [0.2, 0.25) is 0 Å². The van der Waals surface area contributed by atoms with Crippen molar-refractivity contribution in [3.63, 3.8) is 0 Å². The Labute approximate surface area is 160 Å². The second-order valence-corrected chi connectivity index (χ2v) is 5.14. The molecule has 2 heterocycles. The molecular weight excluding hydrogens is 385 g/mol. The summed E-state index contributed by atoms with van der Waals surface area (Å²) >= 11 is 0. The molecule has 0 amide bonds. The Balaban J connectivity index is 0. The summed E-state index contributed by atoms with van der Waals surface area (Å²) in [7, 11) is 0. The first kappa shape index (κ1) is 25.1. The number of nitrogens with one attached hydrogen (secondary N) is 2. The van der Waals surface area contributed by atoms with Gasteiger partial charge in [0.05, 0.1) is 11.4 Å². The maximum Gasteiger partial charge on any atom is 2.00 e. The fraction of sp³-hybridized carbons (Fsp3) is 0.474. The van der Waals surface area contributed by atoms with Gasteiger partial charge < -0.3 is 11.5 Å². The molecule has 0 atom stereocenters. The molecule has 2 rings (SSSR count). The number of rotatable bonds is 5. The van der Waals surface area contributed by atoms with Gasteiger partial charge in [0.1, 0.15) is 0 Å². The Morgan fingerprint density at radius 1 is 0.833 bits per heavy atom. The van der Waals surface area contributed by atoms with E-state index in [-0.39, 0.29) is 19.5 Å². The van der Waals surface area contributed by atoms with Gasteiger partial charge in [-0.05, 0) is 36.8 Å². The number of unbranched alkanes of at least 4 members (excludes halogenated alkanes) is 2. The zero-order valence-corrected chi connectivity index (χ0v) is 16.8. The topological polar surface area (TPSA) is 73.4 Å². The molecule has 0 spiro atoms. The second kappa shape index (κ2) is 18.2. The molecule has 5 heteroatoms. The van der Waals surface area contributed by atoms with Crippen LogP contribution in [-0.2, 0) is 19.5 Å². The molecule has 134 valence electrons. The number of pyridine rings is 2. The first-order valence-corrected chi connectivity index (χ1v) is 8.32. The standard InChI is InChI=1S/C11H10N2.2C4H10N.Ru/c1-9-5-7-13-11(8-9)10-4-2-3-6-12-10;2*1-2-3-4-5;/h2-8H,1H3;2*5H,2-4H2,1H3;/q;2*-1;+2. The van der Waals surface area contributed by atoms with Gasteiger partial charge in [0.25, 0.3) is 0 Å². The first-order chi connectivity index (χ1) is 11.2. The van der Waals surface area contributed by atoms with Gasteiger partial charge in [0, 0.05) is 12.4 Å². The normalized spacial score (nSPS) is 8.88. The molecular formula is C19H30N4Ru. The van der Waals surface area contributed by atoms with E-state index >= 15 is 0 Å². The molecule has 0 saturated carbocycles. The summed E-state index contributed by atoms with van der Waals surface area (Å²) in [5.74, 6) is 0. The van der Waals surface area contributed by atoms with Crippen molar-refractivity contribution in [3.8, 4) is 11.4 Å². The van der Waals surface area contributed by atoms with E-state index < -0.39 is 0 Å². The van der Waals surface area contributed by atoms with Crippen LogP contribution < -0.4 is 0 Å². The Morgan fingerprint density at radius 2 is 1.42 bits per heavy atom. The van der Waals surface area contributed by atoms with E-state index in [1.165, 1.54) is 5.56 Å². The van der Waals surface area contributed by atoms with Crippen molar-refractivity contribution >= 4 is 0 Å². The van der Waals surface area contributed by atoms with E-state index in [1.54, 1.807) is 12.4 Å². The molecule has 0 aromatic carbocycles. The molecule has 2 N–H and O–H groups in total. The summed E-state index contributed by atoms with van der Waals surface area (Å²) in [4.78, 5) is 8.47. The number of hydrogen-bond donors (Lipinski definition) is 0. The van der Waals surface area contributed by atoms with Crippen molar-refractivity contribution in [3.05, 3.63) is 59.8 Å².